The third-order valence-corrected chi connectivity index (χ3v) is 4.38. The average Bonchev–Trinajstić information content (AvgIpc) is 2.66. The van der Waals surface area contributed by atoms with Gasteiger partial charge in [-0.2, -0.15) is 0 Å². The molecule has 3 aromatic rings. The lowest BCUT2D eigenvalue weighted by molar-refractivity contribution is 0.0947. The molecule has 1 amide bonds. The molecule has 0 aliphatic rings. The van der Waals surface area contributed by atoms with Crippen molar-refractivity contribution in [3.63, 3.8) is 0 Å². The van der Waals surface area contributed by atoms with Crippen LogP contribution in [-0.4, -0.2) is 36.1 Å². The Labute approximate surface area is 166 Å². The van der Waals surface area contributed by atoms with Gasteiger partial charge in [-0.1, -0.05) is 13.8 Å². The molecule has 29 heavy (non-hydrogen) atoms. The Morgan fingerprint density at radius 3 is 2.55 bits per heavy atom. The Morgan fingerprint density at radius 2 is 1.93 bits per heavy atom. The molecule has 0 fully saturated rings. The Morgan fingerprint density at radius 1 is 1.21 bits per heavy atom. The lowest BCUT2D eigenvalue weighted by Crippen LogP contribution is -2.32. The molecule has 0 aliphatic carbocycles. The summed E-state index contributed by atoms with van der Waals surface area (Å²) in [6.45, 7) is 4.25. The Balaban J connectivity index is 2.30. The van der Waals surface area contributed by atoms with Crippen molar-refractivity contribution in [3.8, 4) is 5.69 Å². The summed E-state index contributed by atoms with van der Waals surface area (Å²) in [5.74, 6) is -1.38. The molecule has 0 radical (unpaired) electrons. The summed E-state index contributed by atoms with van der Waals surface area (Å²) in [5.41, 5.74) is -0.482. The van der Waals surface area contributed by atoms with Gasteiger partial charge in [0.15, 0.2) is 5.65 Å². The van der Waals surface area contributed by atoms with E-state index >= 15 is 0 Å². The summed E-state index contributed by atoms with van der Waals surface area (Å²) in [5, 5.41) is 2.86. The predicted octanol–water partition coefficient (Wildman–Crippen LogP) is 3.12. The number of carbonyl (C=O) groups is 1. The van der Waals surface area contributed by atoms with E-state index in [-0.39, 0.29) is 28.2 Å². The van der Waals surface area contributed by atoms with Crippen LogP contribution in [0.25, 0.3) is 16.7 Å². The SMILES string of the molecule is CC(C)CNC(=O)c1cn(-c2ccc(F)cc2F)c2nc(N(C)C)ccc2c1=O. The van der Waals surface area contributed by atoms with Crippen LogP contribution in [0, 0.1) is 17.6 Å². The highest BCUT2D eigenvalue weighted by Gasteiger charge is 2.19. The van der Waals surface area contributed by atoms with Gasteiger partial charge < -0.3 is 10.2 Å². The first-order chi connectivity index (χ1) is 13.7. The summed E-state index contributed by atoms with van der Waals surface area (Å²) in [6, 6.07) is 6.29. The fraction of sp³-hybridized carbons (Fsp3) is 0.286. The Hall–Kier alpha value is -3.29. The van der Waals surface area contributed by atoms with Gasteiger partial charge >= 0.3 is 0 Å². The molecule has 2 aromatic heterocycles. The maximum absolute atomic E-state index is 14.5. The van der Waals surface area contributed by atoms with Crippen LogP contribution in [0.15, 0.2) is 41.3 Å². The van der Waals surface area contributed by atoms with Gasteiger partial charge in [-0.15, -0.1) is 0 Å². The second-order valence-corrected chi connectivity index (χ2v) is 7.38. The number of benzene rings is 1. The van der Waals surface area contributed by atoms with Crippen molar-refractivity contribution >= 4 is 22.8 Å². The third-order valence-electron chi connectivity index (χ3n) is 4.38. The number of nitrogens with zero attached hydrogens (tertiary/aromatic N) is 3. The number of hydrogen-bond donors (Lipinski definition) is 1. The number of amides is 1. The second kappa shape index (κ2) is 7.98. The fourth-order valence-electron chi connectivity index (χ4n) is 2.86. The normalized spacial score (nSPS) is 11.1. The van der Waals surface area contributed by atoms with Crippen LogP contribution >= 0.6 is 0 Å². The molecule has 0 atom stereocenters. The highest BCUT2D eigenvalue weighted by Crippen LogP contribution is 2.22. The van der Waals surface area contributed by atoms with Gasteiger partial charge in [-0.05, 0) is 30.2 Å². The molecule has 0 saturated carbocycles. The van der Waals surface area contributed by atoms with Crippen LogP contribution in [0.3, 0.4) is 0 Å². The van der Waals surface area contributed by atoms with Gasteiger partial charge in [-0.3, -0.25) is 14.2 Å². The molecule has 152 valence electrons. The van der Waals surface area contributed by atoms with E-state index in [9.17, 15) is 18.4 Å². The van der Waals surface area contributed by atoms with E-state index in [4.69, 9.17) is 0 Å². The van der Waals surface area contributed by atoms with Crippen LogP contribution in [0.2, 0.25) is 0 Å². The number of nitrogens with one attached hydrogen (secondary N) is 1. The van der Waals surface area contributed by atoms with Crippen molar-refractivity contribution in [1.82, 2.24) is 14.9 Å². The molecule has 3 rings (SSSR count). The lowest BCUT2D eigenvalue weighted by Gasteiger charge is -2.17. The van der Waals surface area contributed by atoms with Crippen LogP contribution < -0.4 is 15.6 Å². The number of anilines is 1. The highest BCUT2D eigenvalue weighted by atomic mass is 19.1. The van der Waals surface area contributed by atoms with E-state index in [0.29, 0.717) is 12.4 Å². The van der Waals surface area contributed by atoms with E-state index in [1.807, 2.05) is 13.8 Å². The quantitative estimate of drug-likeness (QED) is 0.715. The maximum Gasteiger partial charge on any atom is 0.256 e. The highest BCUT2D eigenvalue weighted by molar-refractivity contribution is 5.97. The topological polar surface area (TPSA) is 67.2 Å². The second-order valence-electron chi connectivity index (χ2n) is 7.38. The van der Waals surface area contributed by atoms with E-state index in [1.54, 1.807) is 31.1 Å². The number of rotatable bonds is 5. The molecule has 8 heteroatoms. The van der Waals surface area contributed by atoms with Crippen LogP contribution in [0.5, 0.6) is 0 Å². The van der Waals surface area contributed by atoms with Gasteiger partial charge in [0.2, 0.25) is 5.43 Å². The number of carbonyl (C=O) groups excluding carboxylic acids is 1. The van der Waals surface area contributed by atoms with Gasteiger partial charge in [0.05, 0.1) is 11.1 Å². The van der Waals surface area contributed by atoms with E-state index in [2.05, 4.69) is 10.3 Å². The van der Waals surface area contributed by atoms with Crippen LogP contribution in [-0.2, 0) is 0 Å². The average molecular weight is 400 g/mol. The van der Waals surface area contributed by atoms with Crippen molar-refractivity contribution in [3.05, 3.63) is 63.9 Å². The monoisotopic (exact) mass is 400 g/mol. The molecule has 0 bridgehead atoms. The molecule has 1 aromatic carbocycles. The molecule has 0 unspecified atom stereocenters. The van der Waals surface area contributed by atoms with Gasteiger partial charge in [0, 0.05) is 32.9 Å². The van der Waals surface area contributed by atoms with Crippen molar-refractivity contribution in [1.29, 1.82) is 0 Å². The number of fused-ring (bicyclic) bond motifs is 1. The minimum atomic E-state index is -0.833. The first kappa shape index (κ1) is 20.4. The maximum atomic E-state index is 14.5. The Bertz CT molecular complexity index is 1140. The zero-order chi connectivity index (χ0) is 21.3. The smallest absolute Gasteiger partial charge is 0.256 e. The zero-order valence-corrected chi connectivity index (χ0v) is 16.7. The standard InChI is InChI=1S/C21H22F2N4O2/c1-12(2)10-24-21(29)15-11-27(17-7-5-13(22)9-16(17)23)20-14(19(15)28)6-8-18(25-20)26(3)4/h5-9,11-12H,10H2,1-4H3,(H,24,29). The molecular weight excluding hydrogens is 378 g/mol. The van der Waals surface area contributed by atoms with E-state index in [0.717, 1.165) is 12.1 Å². The van der Waals surface area contributed by atoms with Crippen molar-refractivity contribution < 1.29 is 13.6 Å². The molecule has 2 heterocycles. The number of halogens is 2. The van der Waals surface area contributed by atoms with E-state index in [1.165, 1.54) is 16.8 Å². The Kier molecular flexibility index (Phi) is 5.63. The van der Waals surface area contributed by atoms with Crippen LogP contribution in [0.1, 0.15) is 24.2 Å². The molecule has 0 spiro atoms. The van der Waals surface area contributed by atoms with Gasteiger partial charge in [0.1, 0.15) is 23.0 Å². The third kappa shape index (κ3) is 4.11. The predicted molar refractivity (Wildman–Crippen MR) is 109 cm³/mol. The summed E-state index contributed by atoms with van der Waals surface area (Å²) < 4.78 is 29.3. The van der Waals surface area contributed by atoms with Gasteiger partial charge in [0.25, 0.3) is 5.91 Å². The largest absolute Gasteiger partial charge is 0.363 e. The summed E-state index contributed by atoms with van der Waals surface area (Å²) >= 11 is 0. The number of aromatic nitrogens is 2. The van der Waals surface area contributed by atoms with Crippen molar-refractivity contribution in [2.24, 2.45) is 5.92 Å². The summed E-state index contributed by atoms with van der Waals surface area (Å²) in [6.07, 6.45) is 1.25. The molecular formula is C21H22F2N4O2. The number of hydrogen-bond acceptors (Lipinski definition) is 4. The molecule has 6 nitrogen and oxygen atoms in total. The minimum absolute atomic E-state index is 0.0160. The van der Waals surface area contributed by atoms with Crippen LogP contribution in [0.4, 0.5) is 14.6 Å². The zero-order valence-electron chi connectivity index (χ0n) is 16.7. The lowest BCUT2D eigenvalue weighted by atomic mass is 10.1. The summed E-state index contributed by atoms with van der Waals surface area (Å²) in [4.78, 5) is 31.7. The van der Waals surface area contributed by atoms with Crippen molar-refractivity contribution in [2.75, 3.05) is 25.5 Å². The number of pyridine rings is 2. The first-order valence-electron chi connectivity index (χ1n) is 9.16. The molecule has 0 saturated heterocycles. The fourth-order valence-corrected chi connectivity index (χ4v) is 2.86. The minimum Gasteiger partial charge on any atom is -0.363 e. The van der Waals surface area contributed by atoms with E-state index < -0.39 is 23.0 Å². The van der Waals surface area contributed by atoms with Crippen molar-refractivity contribution in [2.45, 2.75) is 13.8 Å². The summed E-state index contributed by atoms with van der Waals surface area (Å²) in [7, 11) is 3.56. The molecule has 0 aliphatic heterocycles. The first-order valence-corrected chi connectivity index (χ1v) is 9.16. The molecule has 1 N–H and O–H groups in total. The van der Waals surface area contributed by atoms with Gasteiger partial charge in [-0.25, -0.2) is 13.8 Å².